The van der Waals surface area contributed by atoms with Gasteiger partial charge in [0.05, 0.1) is 11.5 Å². The molecular formula is C21H26ClNO4S. The van der Waals surface area contributed by atoms with Gasteiger partial charge in [-0.2, -0.15) is 0 Å². The number of halogens is 1. The van der Waals surface area contributed by atoms with Crippen LogP contribution < -0.4 is 4.74 Å². The van der Waals surface area contributed by atoms with Gasteiger partial charge in [-0.25, -0.2) is 8.42 Å². The van der Waals surface area contributed by atoms with E-state index in [1.165, 1.54) is 11.8 Å². The monoisotopic (exact) mass is 423 g/mol. The number of likely N-dealkylation sites (tertiary alicyclic amines) is 1. The van der Waals surface area contributed by atoms with Crippen molar-refractivity contribution >= 4 is 21.4 Å². The summed E-state index contributed by atoms with van der Waals surface area (Å²) in [5.41, 5.74) is 1.21. The van der Waals surface area contributed by atoms with Crippen molar-refractivity contribution in [2.24, 2.45) is 11.8 Å². The van der Waals surface area contributed by atoms with E-state index >= 15 is 0 Å². The van der Waals surface area contributed by atoms with E-state index in [4.69, 9.17) is 16.3 Å². The molecule has 0 saturated carbocycles. The molecule has 0 radical (unpaired) electrons. The molecule has 2 aromatic carbocycles. The summed E-state index contributed by atoms with van der Waals surface area (Å²) < 4.78 is 28.9. The lowest BCUT2D eigenvalue weighted by Gasteiger charge is -2.17. The van der Waals surface area contributed by atoms with E-state index in [0.717, 1.165) is 31.1 Å². The summed E-state index contributed by atoms with van der Waals surface area (Å²) >= 11 is 6.05. The quantitative estimate of drug-likeness (QED) is 0.707. The van der Waals surface area contributed by atoms with E-state index in [9.17, 15) is 13.5 Å². The number of aliphatic hydroxyl groups excluding tert-OH is 1. The molecule has 1 N–H and O–H groups in total. The van der Waals surface area contributed by atoms with Crippen molar-refractivity contribution in [3.8, 4) is 5.75 Å². The average molecular weight is 424 g/mol. The Kier molecular flexibility index (Phi) is 6.99. The van der Waals surface area contributed by atoms with E-state index < -0.39 is 9.84 Å². The Labute approximate surface area is 171 Å². The van der Waals surface area contributed by atoms with Gasteiger partial charge in [0.25, 0.3) is 0 Å². The average Bonchev–Trinajstić information content (AvgIpc) is 3.07. The number of benzene rings is 2. The van der Waals surface area contributed by atoms with Gasteiger partial charge in [-0.15, -0.1) is 0 Å². The van der Waals surface area contributed by atoms with Crippen LogP contribution in [0, 0.1) is 11.8 Å². The molecule has 0 aromatic heterocycles. The first-order chi connectivity index (χ1) is 13.3. The summed E-state index contributed by atoms with van der Waals surface area (Å²) in [6.45, 7) is 3.26. The molecule has 2 aromatic rings. The predicted molar refractivity (Wildman–Crippen MR) is 111 cm³/mol. The second-order valence-electron chi connectivity index (χ2n) is 7.40. The van der Waals surface area contributed by atoms with E-state index in [1.54, 1.807) is 24.3 Å². The van der Waals surface area contributed by atoms with Gasteiger partial charge in [0, 0.05) is 49.4 Å². The van der Waals surface area contributed by atoms with Crippen LogP contribution in [-0.2, 0) is 16.3 Å². The van der Waals surface area contributed by atoms with Crippen LogP contribution in [0.1, 0.15) is 5.56 Å². The first kappa shape index (κ1) is 21.1. The molecule has 1 aliphatic heterocycles. The Morgan fingerprint density at radius 2 is 1.86 bits per heavy atom. The molecule has 2 atom stereocenters. The molecule has 1 saturated heterocycles. The van der Waals surface area contributed by atoms with Crippen LogP contribution in [0.25, 0.3) is 0 Å². The summed E-state index contributed by atoms with van der Waals surface area (Å²) in [7, 11) is -3.21. The number of aliphatic hydroxyl groups is 1. The highest BCUT2D eigenvalue weighted by molar-refractivity contribution is 7.90. The molecule has 0 spiro atoms. The SMILES string of the molecule is CS(=O)(=O)c1ccc(OC[C@H]2CN(CCc3cccc(Cl)c3)C[C@@H]2CO)cc1. The number of nitrogens with zero attached hydrogens (tertiary/aromatic N) is 1. The molecular weight excluding hydrogens is 398 g/mol. The zero-order valence-electron chi connectivity index (χ0n) is 15.9. The molecule has 1 heterocycles. The normalized spacial score (nSPS) is 20.4. The van der Waals surface area contributed by atoms with Gasteiger partial charge in [-0.05, 0) is 48.4 Å². The van der Waals surface area contributed by atoms with Gasteiger partial charge in [0.15, 0.2) is 9.84 Å². The molecule has 0 bridgehead atoms. The zero-order valence-corrected chi connectivity index (χ0v) is 17.5. The van der Waals surface area contributed by atoms with Gasteiger partial charge in [0.1, 0.15) is 5.75 Å². The van der Waals surface area contributed by atoms with Crippen LogP contribution in [-0.4, -0.2) is 57.5 Å². The lowest BCUT2D eigenvalue weighted by atomic mass is 9.98. The third-order valence-electron chi connectivity index (χ3n) is 5.21. The van der Waals surface area contributed by atoms with Crippen LogP contribution in [0.3, 0.4) is 0 Å². The first-order valence-electron chi connectivity index (χ1n) is 9.36. The first-order valence-corrected chi connectivity index (χ1v) is 11.6. The molecule has 7 heteroatoms. The fourth-order valence-corrected chi connectivity index (χ4v) is 4.42. The Morgan fingerprint density at radius 1 is 1.14 bits per heavy atom. The summed E-state index contributed by atoms with van der Waals surface area (Å²) in [6, 6.07) is 14.4. The third kappa shape index (κ3) is 5.70. The number of ether oxygens (including phenoxy) is 1. The number of sulfone groups is 1. The minimum absolute atomic E-state index is 0.134. The highest BCUT2D eigenvalue weighted by Crippen LogP contribution is 2.25. The smallest absolute Gasteiger partial charge is 0.175 e. The maximum atomic E-state index is 11.5. The molecule has 0 aliphatic carbocycles. The lowest BCUT2D eigenvalue weighted by molar-refractivity contribution is 0.162. The van der Waals surface area contributed by atoms with Crippen LogP contribution >= 0.6 is 11.6 Å². The van der Waals surface area contributed by atoms with E-state index in [0.29, 0.717) is 12.4 Å². The zero-order chi connectivity index (χ0) is 20.1. The van der Waals surface area contributed by atoms with Crippen LogP contribution in [0.15, 0.2) is 53.4 Å². The second-order valence-corrected chi connectivity index (χ2v) is 9.85. The predicted octanol–water partition coefficient (Wildman–Crippen LogP) is 2.91. The van der Waals surface area contributed by atoms with Crippen molar-refractivity contribution in [1.29, 1.82) is 0 Å². The topological polar surface area (TPSA) is 66.8 Å². The molecule has 28 heavy (non-hydrogen) atoms. The maximum Gasteiger partial charge on any atom is 0.175 e. The Bertz CT molecular complexity index is 886. The lowest BCUT2D eigenvalue weighted by Crippen LogP contribution is -2.24. The van der Waals surface area contributed by atoms with Crippen LogP contribution in [0.4, 0.5) is 0 Å². The summed E-state index contributed by atoms with van der Waals surface area (Å²) in [6.07, 6.45) is 2.10. The summed E-state index contributed by atoms with van der Waals surface area (Å²) in [5, 5.41) is 10.5. The largest absolute Gasteiger partial charge is 0.493 e. The van der Waals surface area contributed by atoms with E-state index in [2.05, 4.69) is 11.0 Å². The highest BCUT2D eigenvalue weighted by atomic mass is 35.5. The molecule has 0 amide bonds. The fraction of sp³-hybridized carbons (Fsp3) is 0.429. The molecule has 152 valence electrons. The van der Waals surface area contributed by atoms with Crippen LogP contribution in [0.5, 0.6) is 5.75 Å². The van der Waals surface area contributed by atoms with Gasteiger partial charge in [-0.3, -0.25) is 0 Å². The van der Waals surface area contributed by atoms with Crippen LogP contribution in [0.2, 0.25) is 5.02 Å². The van der Waals surface area contributed by atoms with Gasteiger partial charge in [-0.1, -0.05) is 23.7 Å². The third-order valence-corrected chi connectivity index (χ3v) is 6.57. The maximum absolute atomic E-state index is 11.5. The highest BCUT2D eigenvalue weighted by Gasteiger charge is 2.32. The van der Waals surface area contributed by atoms with Crippen molar-refractivity contribution in [3.63, 3.8) is 0 Å². The van der Waals surface area contributed by atoms with Crippen molar-refractivity contribution in [3.05, 3.63) is 59.1 Å². The van der Waals surface area contributed by atoms with Gasteiger partial charge < -0.3 is 14.7 Å². The van der Waals surface area contributed by atoms with Gasteiger partial charge in [0.2, 0.25) is 0 Å². The molecule has 5 nitrogen and oxygen atoms in total. The number of hydrogen-bond acceptors (Lipinski definition) is 5. The minimum atomic E-state index is -3.21. The molecule has 3 rings (SSSR count). The molecule has 1 aliphatic rings. The standard InChI is InChI=1S/C21H26ClNO4S/c1-28(25,26)21-7-5-20(6-8-21)27-15-18-13-23(12-17(18)14-24)10-9-16-3-2-4-19(22)11-16/h2-8,11,17-18,24H,9-10,12-15H2,1H3/t17-,18-/m1/s1. The Balaban J connectivity index is 1.52. The van der Waals surface area contributed by atoms with E-state index in [1.807, 2.05) is 18.2 Å². The second kappa shape index (κ2) is 9.27. The van der Waals surface area contributed by atoms with Crippen molar-refractivity contribution in [2.75, 3.05) is 39.1 Å². The van der Waals surface area contributed by atoms with Crippen molar-refractivity contribution in [2.45, 2.75) is 11.3 Å². The molecule has 1 fully saturated rings. The number of hydrogen-bond donors (Lipinski definition) is 1. The molecule has 0 unspecified atom stereocenters. The van der Waals surface area contributed by atoms with Gasteiger partial charge >= 0.3 is 0 Å². The van der Waals surface area contributed by atoms with Crippen molar-refractivity contribution < 1.29 is 18.3 Å². The Hall–Kier alpha value is -1.60. The Morgan fingerprint density at radius 3 is 2.50 bits per heavy atom. The minimum Gasteiger partial charge on any atom is -0.493 e. The fourth-order valence-electron chi connectivity index (χ4n) is 3.58. The number of rotatable bonds is 8. The van der Waals surface area contributed by atoms with E-state index in [-0.39, 0.29) is 23.3 Å². The summed E-state index contributed by atoms with van der Waals surface area (Å²) in [4.78, 5) is 2.63. The summed E-state index contributed by atoms with van der Waals surface area (Å²) in [5.74, 6) is 1.05. The van der Waals surface area contributed by atoms with Crippen molar-refractivity contribution in [1.82, 2.24) is 4.90 Å².